The van der Waals surface area contributed by atoms with Crippen molar-refractivity contribution < 1.29 is 14.6 Å². The number of amidine groups is 1. The summed E-state index contributed by atoms with van der Waals surface area (Å²) in [6, 6.07) is 14.5. The van der Waals surface area contributed by atoms with E-state index in [1.165, 1.54) is 0 Å². The zero-order valence-corrected chi connectivity index (χ0v) is 16.1. The summed E-state index contributed by atoms with van der Waals surface area (Å²) in [7, 11) is 0. The Balaban J connectivity index is 1.58. The first-order valence-corrected chi connectivity index (χ1v) is 9.59. The highest BCUT2D eigenvalue weighted by Gasteiger charge is 2.31. The van der Waals surface area contributed by atoms with Gasteiger partial charge in [-0.2, -0.15) is 0 Å². The number of unbranched alkanes of at least 4 members (excludes halogenated alkanes) is 1. The summed E-state index contributed by atoms with van der Waals surface area (Å²) in [6.07, 6.45) is 1.77. The second-order valence-electron chi connectivity index (χ2n) is 6.90. The number of fused-ring (bicyclic) bond motifs is 1. The Morgan fingerprint density at radius 1 is 1.28 bits per heavy atom. The number of nitrogens with zero attached hydrogens (tertiary/aromatic N) is 2. The van der Waals surface area contributed by atoms with Gasteiger partial charge in [0, 0.05) is 5.69 Å². The third kappa shape index (κ3) is 3.59. The molecule has 7 heteroatoms. The molecule has 3 N–H and O–H groups in total. The number of aliphatic hydroxyl groups excluding tert-OH is 1. The number of hydrogen-bond donors (Lipinski definition) is 3. The van der Waals surface area contributed by atoms with Crippen LogP contribution in [-0.2, 0) is 4.74 Å². The average Bonchev–Trinajstić information content (AvgIpc) is 3.28. The minimum absolute atomic E-state index is 0.0602. The van der Waals surface area contributed by atoms with Gasteiger partial charge in [-0.3, -0.25) is 5.41 Å². The first-order chi connectivity index (χ1) is 14.1. The molecule has 0 spiro atoms. The van der Waals surface area contributed by atoms with Crippen molar-refractivity contribution >= 4 is 34.1 Å². The Labute approximate surface area is 168 Å². The van der Waals surface area contributed by atoms with Gasteiger partial charge in [0.05, 0.1) is 35.3 Å². The molecule has 0 amide bonds. The van der Waals surface area contributed by atoms with Crippen LogP contribution in [0.25, 0.3) is 16.6 Å². The molecular weight excluding hydrogens is 368 g/mol. The SMILES string of the molecule is CCCCOC(=O)c1cccc(N2CC(O)=C(c3nc4ccccc4[nH]3)C2=N)c1. The highest BCUT2D eigenvalue weighted by molar-refractivity contribution is 6.30. The molecule has 0 fully saturated rings. The van der Waals surface area contributed by atoms with E-state index in [0.717, 1.165) is 23.9 Å². The van der Waals surface area contributed by atoms with E-state index in [9.17, 15) is 9.90 Å². The maximum atomic E-state index is 12.2. The van der Waals surface area contributed by atoms with Gasteiger partial charge in [0.1, 0.15) is 17.4 Å². The molecule has 0 saturated heterocycles. The van der Waals surface area contributed by atoms with Crippen molar-refractivity contribution in [3.8, 4) is 0 Å². The molecule has 0 saturated carbocycles. The number of para-hydroxylation sites is 2. The Morgan fingerprint density at radius 2 is 2.10 bits per heavy atom. The highest BCUT2D eigenvalue weighted by atomic mass is 16.5. The second kappa shape index (κ2) is 7.79. The molecule has 7 nitrogen and oxygen atoms in total. The fourth-order valence-electron chi connectivity index (χ4n) is 3.31. The van der Waals surface area contributed by atoms with Crippen molar-refractivity contribution in [2.24, 2.45) is 0 Å². The number of nitrogens with one attached hydrogen (secondary N) is 2. The van der Waals surface area contributed by atoms with E-state index in [1.54, 1.807) is 29.2 Å². The summed E-state index contributed by atoms with van der Waals surface area (Å²) in [5.41, 5.74) is 3.02. The number of imidazole rings is 1. The highest BCUT2D eigenvalue weighted by Crippen LogP contribution is 2.31. The van der Waals surface area contributed by atoms with E-state index < -0.39 is 0 Å². The lowest BCUT2D eigenvalue weighted by atomic mass is 10.2. The topological polar surface area (TPSA) is 102 Å². The van der Waals surface area contributed by atoms with Crippen molar-refractivity contribution in [2.75, 3.05) is 18.1 Å². The van der Waals surface area contributed by atoms with Crippen LogP contribution in [0.1, 0.15) is 35.9 Å². The third-order valence-corrected chi connectivity index (χ3v) is 4.85. The number of H-pyrrole nitrogens is 1. The van der Waals surface area contributed by atoms with Crippen LogP contribution in [0.2, 0.25) is 0 Å². The predicted octanol–water partition coefficient (Wildman–Crippen LogP) is 4.29. The number of esters is 1. The fourth-order valence-corrected chi connectivity index (χ4v) is 3.31. The largest absolute Gasteiger partial charge is 0.509 e. The molecule has 0 radical (unpaired) electrons. The molecule has 0 unspecified atom stereocenters. The Hall–Kier alpha value is -3.61. The van der Waals surface area contributed by atoms with E-state index in [1.807, 2.05) is 31.2 Å². The summed E-state index contributed by atoms with van der Waals surface area (Å²) < 4.78 is 5.27. The molecule has 0 aliphatic carbocycles. The van der Waals surface area contributed by atoms with E-state index in [2.05, 4.69) is 9.97 Å². The van der Waals surface area contributed by atoms with Gasteiger partial charge in [-0.05, 0) is 36.8 Å². The lowest BCUT2D eigenvalue weighted by molar-refractivity contribution is 0.0500. The predicted molar refractivity (Wildman–Crippen MR) is 112 cm³/mol. The number of rotatable bonds is 6. The molecule has 0 bridgehead atoms. The molecule has 1 aromatic heterocycles. The first kappa shape index (κ1) is 18.7. The monoisotopic (exact) mass is 390 g/mol. The molecular formula is C22H22N4O3. The number of benzene rings is 2. The van der Waals surface area contributed by atoms with Crippen LogP contribution in [0.5, 0.6) is 0 Å². The van der Waals surface area contributed by atoms with E-state index in [0.29, 0.717) is 29.3 Å². The Bertz CT molecular complexity index is 1080. The molecule has 2 heterocycles. The molecule has 1 aliphatic heterocycles. The van der Waals surface area contributed by atoms with E-state index >= 15 is 0 Å². The van der Waals surface area contributed by atoms with Crippen LogP contribution in [0.15, 0.2) is 54.3 Å². The smallest absolute Gasteiger partial charge is 0.338 e. The van der Waals surface area contributed by atoms with E-state index in [4.69, 9.17) is 10.1 Å². The van der Waals surface area contributed by atoms with Crippen molar-refractivity contribution in [3.63, 3.8) is 0 Å². The van der Waals surface area contributed by atoms with Crippen LogP contribution >= 0.6 is 0 Å². The van der Waals surface area contributed by atoms with Gasteiger partial charge in [0.2, 0.25) is 0 Å². The number of aromatic nitrogens is 2. The van der Waals surface area contributed by atoms with Gasteiger partial charge in [0.25, 0.3) is 0 Å². The molecule has 3 aromatic rings. The number of aliphatic hydroxyl groups is 1. The molecule has 1 aliphatic rings. The van der Waals surface area contributed by atoms with Gasteiger partial charge in [-0.15, -0.1) is 0 Å². The second-order valence-corrected chi connectivity index (χ2v) is 6.90. The van der Waals surface area contributed by atoms with Crippen LogP contribution in [0, 0.1) is 5.41 Å². The summed E-state index contributed by atoms with van der Waals surface area (Å²) >= 11 is 0. The standard InChI is InChI=1S/C22H22N4O3/c1-2-3-11-29-22(28)14-7-6-8-15(12-14)26-13-18(27)19(20(26)23)21-24-16-9-4-5-10-17(16)25-21/h4-10,12,23,27H,2-3,11,13H2,1H3,(H,24,25). The zero-order chi connectivity index (χ0) is 20.4. The van der Waals surface area contributed by atoms with Crippen molar-refractivity contribution in [1.82, 2.24) is 9.97 Å². The van der Waals surface area contributed by atoms with Gasteiger partial charge < -0.3 is 19.7 Å². The van der Waals surface area contributed by atoms with Crippen LogP contribution in [0.4, 0.5) is 5.69 Å². The number of carbonyl (C=O) groups excluding carboxylic acids is 1. The summed E-state index contributed by atoms with van der Waals surface area (Å²) in [4.78, 5) is 21.5. The Kier molecular flexibility index (Phi) is 5.03. The van der Waals surface area contributed by atoms with Gasteiger partial charge >= 0.3 is 5.97 Å². The number of carbonyl (C=O) groups is 1. The van der Waals surface area contributed by atoms with Gasteiger partial charge in [-0.1, -0.05) is 31.5 Å². The normalized spacial score (nSPS) is 14.1. The van der Waals surface area contributed by atoms with Crippen LogP contribution < -0.4 is 4.90 Å². The molecule has 0 atom stereocenters. The number of ether oxygens (including phenoxy) is 1. The Morgan fingerprint density at radius 3 is 2.90 bits per heavy atom. The summed E-state index contributed by atoms with van der Waals surface area (Å²) in [6.45, 7) is 2.56. The maximum Gasteiger partial charge on any atom is 0.338 e. The van der Waals surface area contributed by atoms with Gasteiger partial charge in [-0.25, -0.2) is 9.78 Å². The molecule has 148 valence electrons. The number of anilines is 1. The van der Waals surface area contributed by atoms with Gasteiger partial charge in [0.15, 0.2) is 0 Å². The fraction of sp³-hybridized carbons (Fsp3) is 0.227. The average molecular weight is 390 g/mol. The zero-order valence-electron chi connectivity index (χ0n) is 16.1. The number of hydrogen-bond acceptors (Lipinski definition) is 5. The minimum Gasteiger partial charge on any atom is -0.509 e. The minimum atomic E-state index is -0.388. The lowest BCUT2D eigenvalue weighted by Gasteiger charge is -2.19. The van der Waals surface area contributed by atoms with Crippen molar-refractivity contribution in [1.29, 1.82) is 5.41 Å². The maximum absolute atomic E-state index is 12.2. The number of aromatic amines is 1. The molecule has 2 aromatic carbocycles. The van der Waals surface area contributed by atoms with Crippen LogP contribution in [-0.4, -0.2) is 40.0 Å². The molecule has 29 heavy (non-hydrogen) atoms. The van der Waals surface area contributed by atoms with Crippen molar-refractivity contribution in [3.05, 3.63) is 65.7 Å². The first-order valence-electron chi connectivity index (χ1n) is 9.59. The molecule has 4 rings (SSSR count). The quantitative estimate of drug-likeness (QED) is 0.430. The van der Waals surface area contributed by atoms with Crippen molar-refractivity contribution in [2.45, 2.75) is 19.8 Å². The van der Waals surface area contributed by atoms with Crippen LogP contribution in [0.3, 0.4) is 0 Å². The van der Waals surface area contributed by atoms with E-state index in [-0.39, 0.29) is 24.1 Å². The third-order valence-electron chi connectivity index (χ3n) is 4.85. The summed E-state index contributed by atoms with van der Waals surface area (Å²) in [5, 5.41) is 19.1. The summed E-state index contributed by atoms with van der Waals surface area (Å²) in [5.74, 6) is 0.245. The lowest BCUT2D eigenvalue weighted by Crippen LogP contribution is -2.26.